The van der Waals surface area contributed by atoms with Gasteiger partial charge in [0, 0.05) is 13.7 Å². The first-order chi connectivity index (χ1) is 4.83. The van der Waals surface area contributed by atoms with E-state index in [2.05, 4.69) is 13.0 Å². The molecule has 1 rings (SSSR count). The number of hydrogen-bond acceptors (Lipinski definition) is 1. The number of rotatable bonds is 2. The van der Waals surface area contributed by atoms with Gasteiger partial charge in [-0.05, 0) is 38.2 Å². The summed E-state index contributed by atoms with van der Waals surface area (Å²) in [6.07, 6.45) is 6.95. The highest BCUT2D eigenvalue weighted by molar-refractivity contribution is 4.97. The molecule has 1 aliphatic carbocycles. The third-order valence-electron chi connectivity index (χ3n) is 2.02. The number of methoxy groups -OCH3 is 1. The Morgan fingerprint density at radius 2 is 2.50 bits per heavy atom. The van der Waals surface area contributed by atoms with Crippen molar-refractivity contribution in [3.05, 3.63) is 11.6 Å². The van der Waals surface area contributed by atoms with E-state index in [0.717, 1.165) is 18.9 Å². The van der Waals surface area contributed by atoms with Crippen molar-refractivity contribution in [1.29, 1.82) is 0 Å². The van der Waals surface area contributed by atoms with Crippen molar-refractivity contribution in [2.24, 2.45) is 5.92 Å². The molecular formula is C9H15O. The Labute approximate surface area is 63.1 Å². The summed E-state index contributed by atoms with van der Waals surface area (Å²) >= 11 is 0. The third-order valence-corrected chi connectivity index (χ3v) is 2.02. The van der Waals surface area contributed by atoms with Crippen LogP contribution in [0.1, 0.15) is 26.2 Å². The molecule has 0 N–H and O–H groups in total. The normalized spacial score (nSPS) is 26.2. The fourth-order valence-corrected chi connectivity index (χ4v) is 1.31. The van der Waals surface area contributed by atoms with E-state index < -0.39 is 0 Å². The Bertz CT molecular complexity index is 127. The summed E-state index contributed by atoms with van der Waals surface area (Å²) in [5, 5.41) is 0. The van der Waals surface area contributed by atoms with Gasteiger partial charge < -0.3 is 4.74 Å². The largest absolute Gasteiger partial charge is 0.384 e. The van der Waals surface area contributed by atoms with Gasteiger partial charge >= 0.3 is 0 Å². The second-order valence-electron chi connectivity index (χ2n) is 3.02. The molecule has 1 nitrogen and oxygen atoms in total. The van der Waals surface area contributed by atoms with E-state index in [1.165, 1.54) is 18.4 Å². The van der Waals surface area contributed by atoms with Gasteiger partial charge in [-0.2, -0.15) is 0 Å². The van der Waals surface area contributed by atoms with Gasteiger partial charge in [0.05, 0.1) is 0 Å². The van der Waals surface area contributed by atoms with E-state index in [1.807, 2.05) is 0 Å². The van der Waals surface area contributed by atoms with Gasteiger partial charge in [-0.3, -0.25) is 0 Å². The molecule has 0 aromatic rings. The maximum absolute atomic E-state index is 5.07. The molecule has 0 heterocycles. The number of hydrogen-bond donors (Lipinski definition) is 0. The molecule has 0 bridgehead atoms. The first-order valence-corrected chi connectivity index (χ1v) is 3.88. The molecule has 0 spiro atoms. The molecule has 0 amide bonds. The third kappa shape index (κ3) is 2.14. The lowest BCUT2D eigenvalue weighted by Crippen LogP contribution is -2.10. The minimum atomic E-state index is 0.730. The van der Waals surface area contributed by atoms with Crippen molar-refractivity contribution < 1.29 is 4.74 Å². The average Bonchev–Trinajstić information content (AvgIpc) is 1.95. The lowest BCUT2D eigenvalue weighted by Gasteiger charge is -2.18. The van der Waals surface area contributed by atoms with Crippen LogP contribution in [0, 0.1) is 12.0 Å². The van der Waals surface area contributed by atoms with E-state index in [0.29, 0.717) is 0 Å². The van der Waals surface area contributed by atoms with Crippen molar-refractivity contribution in [1.82, 2.24) is 0 Å². The fraction of sp³-hybridized carbons (Fsp3) is 0.778. The van der Waals surface area contributed by atoms with Gasteiger partial charge in [-0.1, -0.05) is 5.57 Å². The molecule has 0 saturated carbocycles. The maximum atomic E-state index is 5.07. The Morgan fingerprint density at radius 1 is 1.70 bits per heavy atom. The van der Waals surface area contributed by atoms with Crippen LogP contribution in [0.2, 0.25) is 0 Å². The summed E-state index contributed by atoms with van der Waals surface area (Å²) in [4.78, 5) is 0. The Hall–Kier alpha value is -0.300. The Kier molecular flexibility index (Phi) is 2.94. The van der Waals surface area contributed by atoms with Gasteiger partial charge in [0.25, 0.3) is 0 Å². The molecule has 1 heteroatoms. The van der Waals surface area contributed by atoms with Crippen LogP contribution in [-0.2, 0) is 4.74 Å². The minimum Gasteiger partial charge on any atom is -0.384 e. The summed E-state index contributed by atoms with van der Waals surface area (Å²) in [7, 11) is 1.77. The highest BCUT2D eigenvalue weighted by atomic mass is 16.5. The summed E-state index contributed by atoms with van der Waals surface area (Å²) < 4.78 is 5.07. The lowest BCUT2D eigenvalue weighted by atomic mass is 9.91. The zero-order valence-corrected chi connectivity index (χ0v) is 6.81. The fourth-order valence-electron chi connectivity index (χ4n) is 1.31. The van der Waals surface area contributed by atoms with Crippen LogP contribution in [-0.4, -0.2) is 13.7 Å². The van der Waals surface area contributed by atoms with Gasteiger partial charge in [0.15, 0.2) is 0 Å². The number of ether oxygens (including phenoxy) is 1. The summed E-state index contributed by atoms with van der Waals surface area (Å²) in [5.74, 6) is 0.730. The van der Waals surface area contributed by atoms with Gasteiger partial charge in [0.2, 0.25) is 0 Å². The van der Waals surface area contributed by atoms with Crippen molar-refractivity contribution >= 4 is 0 Å². The quantitative estimate of drug-likeness (QED) is 0.569. The van der Waals surface area contributed by atoms with E-state index >= 15 is 0 Å². The molecular weight excluding hydrogens is 124 g/mol. The van der Waals surface area contributed by atoms with Crippen LogP contribution in [0.25, 0.3) is 0 Å². The second-order valence-corrected chi connectivity index (χ2v) is 3.02. The van der Waals surface area contributed by atoms with Crippen LogP contribution in [0.4, 0.5) is 0 Å². The van der Waals surface area contributed by atoms with E-state index in [1.54, 1.807) is 7.11 Å². The molecule has 0 aromatic heterocycles. The lowest BCUT2D eigenvalue weighted by molar-refractivity contribution is 0.145. The Balaban J connectivity index is 2.27. The highest BCUT2D eigenvalue weighted by Gasteiger charge is 2.11. The Morgan fingerprint density at radius 3 is 3.00 bits per heavy atom. The molecule has 1 unspecified atom stereocenters. The van der Waals surface area contributed by atoms with Crippen LogP contribution in [0.3, 0.4) is 0 Å². The zero-order chi connectivity index (χ0) is 7.40. The van der Waals surface area contributed by atoms with Crippen LogP contribution >= 0.6 is 0 Å². The van der Waals surface area contributed by atoms with Gasteiger partial charge in [-0.15, -0.1) is 0 Å². The zero-order valence-electron chi connectivity index (χ0n) is 6.81. The highest BCUT2D eigenvalue weighted by Crippen LogP contribution is 2.21. The van der Waals surface area contributed by atoms with E-state index in [9.17, 15) is 0 Å². The molecule has 10 heavy (non-hydrogen) atoms. The van der Waals surface area contributed by atoms with Gasteiger partial charge in [0.1, 0.15) is 0 Å². The molecule has 0 fully saturated rings. The number of allylic oxidation sites excluding steroid dienone is 2. The van der Waals surface area contributed by atoms with E-state index in [-0.39, 0.29) is 0 Å². The van der Waals surface area contributed by atoms with E-state index in [4.69, 9.17) is 4.74 Å². The second kappa shape index (κ2) is 3.77. The topological polar surface area (TPSA) is 9.23 Å². The minimum absolute atomic E-state index is 0.730. The SMILES string of the molecule is COCC1C[C]=C(C)CC1. The average molecular weight is 139 g/mol. The molecule has 1 atom stereocenters. The molecule has 0 aromatic carbocycles. The first-order valence-electron chi connectivity index (χ1n) is 3.88. The molecule has 57 valence electrons. The van der Waals surface area contributed by atoms with Crippen molar-refractivity contribution in [2.45, 2.75) is 26.2 Å². The first kappa shape index (κ1) is 7.80. The molecule has 1 radical (unpaired) electrons. The van der Waals surface area contributed by atoms with Crippen LogP contribution in [0.15, 0.2) is 5.57 Å². The summed E-state index contributed by atoms with van der Waals surface area (Å²) in [6.45, 7) is 3.06. The molecule has 0 aliphatic heterocycles. The summed E-state index contributed by atoms with van der Waals surface area (Å²) in [6, 6.07) is 0. The maximum Gasteiger partial charge on any atom is 0.0493 e. The monoisotopic (exact) mass is 139 g/mol. The van der Waals surface area contributed by atoms with Gasteiger partial charge in [-0.25, -0.2) is 0 Å². The van der Waals surface area contributed by atoms with Crippen molar-refractivity contribution in [2.75, 3.05) is 13.7 Å². The standard InChI is InChI=1S/C9H15O/c1-8-3-5-9(6-4-8)7-10-2/h9H,3,5-7H2,1-2H3. The van der Waals surface area contributed by atoms with Crippen molar-refractivity contribution in [3.63, 3.8) is 0 Å². The van der Waals surface area contributed by atoms with Crippen LogP contribution in [0.5, 0.6) is 0 Å². The predicted molar refractivity (Wildman–Crippen MR) is 41.6 cm³/mol. The smallest absolute Gasteiger partial charge is 0.0493 e. The van der Waals surface area contributed by atoms with Crippen molar-refractivity contribution in [3.8, 4) is 0 Å². The molecule has 1 aliphatic rings. The summed E-state index contributed by atoms with van der Waals surface area (Å²) in [5.41, 5.74) is 1.42. The predicted octanol–water partition coefficient (Wildman–Crippen LogP) is 2.18. The molecule has 0 saturated heterocycles. The van der Waals surface area contributed by atoms with Crippen LogP contribution < -0.4 is 0 Å².